The van der Waals surface area contributed by atoms with Crippen LogP contribution in [0.15, 0.2) is 65.1 Å². The van der Waals surface area contributed by atoms with E-state index in [1.54, 1.807) is 18.2 Å². The number of aromatic nitrogens is 1. The van der Waals surface area contributed by atoms with Crippen LogP contribution in [0.4, 0.5) is 5.69 Å². The van der Waals surface area contributed by atoms with Crippen LogP contribution < -0.4 is 9.11 Å². The van der Waals surface area contributed by atoms with Gasteiger partial charge in [-0.2, -0.15) is 4.99 Å². The number of carbonyl (C=O) groups is 1. The van der Waals surface area contributed by atoms with Crippen LogP contribution in [0.1, 0.15) is 27.9 Å². The Balaban J connectivity index is 1.63. The van der Waals surface area contributed by atoms with E-state index in [1.165, 1.54) is 21.9 Å². The smallest absolute Gasteiger partial charge is 0.279 e. The van der Waals surface area contributed by atoms with Crippen LogP contribution in [0.25, 0.3) is 0 Å². The molecule has 0 atom stereocenters. The second-order valence-corrected chi connectivity index (χ2v) is 9.78. The Morgan fingerprint density at radius 3 is 2.72 bits per heavy atom. The lowest BCUT2D eigenvalue weighted by Gasteiger charge is -2.29. The Morgan fingerprint density at radius 1 is 1.17 bits per heavy atom. The Kier molecular flexibility index (Phi) is 5.38. The maximum Gasteiger partial charge on any atom is 0.279 e. The van der Waals surface area contributed by atoms with Gasteiger partial charge in [-0.05, 0) is 42.2 Å². The zero-order valence-corrected chi connectivity index (χ0v) is 17.6. The molecule has 4 rings (SSSR count). The molecule has 0 aliphatic carbocycles. The highest BCUT2D eigenvalue weighted by Crippen LogP contribution is 2.30. The molecule has 8 heteroatoms. The van der Waals surface area contributed by atoms with Crippen molar-refractivity contribution in [2.45, 2.75) is 19.4 Å². The molecule has 0 spiro atoms. The van der Waals surface area contributed by atoms with Crippen LogP contribution in [-0.2, 0) is 23.0 Å². The van der Waals surface area contributed by atoms with Crippen molar-refractivity contribution in [3.05, 3.63) is 81.6 Å². The highest BCUT2D eigenvalue weighted by atomic mass is 32.2. The Hall–Kier alpha value is -2.71. The number of benzene rings is 2. The number of nitrogens with zero attached hydrogens (tertiary/aromatic N) is 3. The van der Waals surface area contributed by atoms with E-state index >= 15 is 0 Å². The maximum absolute atomic E-state index is 12.8. The number of aryl methyl sites for hydroxylation is 1. The van der Waals surface area contributed by atoms with Gasteiger partial charge in [0.1, 0.15) is 0 Å². The molecule has 3 aromatic rings. The van der Waals surface area contributed by atoms with E-state index in [0.717, 1.165) is 24.0 Å². The number of sulfonamides is 1. The van der Waals surface area contributed by atoms with Crippen molar-refractivity contribution in [1.82, 2.24) is 4.57 Å². The van der Waals surface area contributed by atoms with Gasteiger partial charge in [0, 0.05) is 30.2 Å². The lowest BCUT2D eigenvalue weighted by atomic mass is 10.0. The summed E-state index contributed by atoms with van der Waals surface area (Å²) in [6, 6.07) is 15.1. The molecule has 0 saturated heterocycles. The fourth-order valence-electron chi connectivity index (χ4n) is 3.48. The quantitative estimate of drug-likeness (QED) is 0.642. The predicted molar refractivity (Wildman–Crippen MR) is 115 cm³/mol. The molecule has 0 unspecified atom stereocenters. The largest absolute Gasteiger partial charge is 0.319 e. The first-order chi connectivity index (χ1) is 13.9. The average Bonchev–Trinajstić information content (AvgIpc) is 3.13. The van der Waals surface area contributed by atoms with E-state index in [4.69, 9.17) is 0 Å². The molecular formula is C21H21N3O3S2. The van der Waals surface area contributed by atoms with Crippen LogP contribution >= 0.6 is 11.3 Å². The highest BCUT2D eigenvalue weighted by Gasteiger charge is 2.24. The first-order valence-electron chi connectivity index (χ1n) is 9.29. The SMILES string of the molecule is CS(=O)(=O)N1CCCc2cc(C(=O)N=c3sccn3Cc3ccccc3)ccc21. The van der Waals surface area contributed by atoms with Crippen LogP contribution in [0.2, 0.25) is 0 Å². The molecule has 1 amide bonds. The lowest BCUT2D eigenvalue weighted by molar-refractivity contribution is 0.0997. The standard InChI is InChI=1S/C21H21N3O3S2/c1-29(26,27)24-11-5-8-17-14-18(9-10-19(17)24)20(25)22-21-23(12-13-28-21)15-16-6-3-2-4-7-16/h2-4,6-7,9-10,12-14H,5,8,11,15H2,1H3. The molecule has 29 heavy (non-hydrogen) atoms. The zero-order valence-electron chi connectivity index (χ0n) is 16.0. The van der Waals surface area contributed by atoms with Crippen molar-refractivity contribution >= 4 is 33.0 Å². The number of thiazole rings is 1. The average molecular weight is 428 g/mol. The fourth-order valence-corrected chi connectivity index (χ4v) is 5.20. The number of amides is 1. The number of anilines is 1. The van der Waals surface area contributed by atoms with Crippen LogP contribution in [0.3, 0.4) is 0 Å². The fraction of sp³-hybridized carbons (Fsp3) is 0.238. The Labute approximate surface area is 173 Å². The van der Waals surface area contributed by atoms with Crippen LogP contribution in [0.5, 0.6) is 0 Å². The maximum atomic E-state index is 12.8. The van der Waals surface area contributed by atoms with Gasteiger partial charge in [-0.25, -0.2) is 8.42 Å². The third kappa shape index (κ3) is 4.33. The molecule has 150 valence electrons. The van der Waals surface area contributed by atoms with Gasteiger partial charge < -0.3 is 4.57 Å². The van der Waals surface area contributed by atoms with Gasteiger partial charge in [-0.15, -0.1) is 11.3 Å². The Bertz CT molecular complexity index is 1210. The van der Waals surface area contributed by atoms with E-state index in [1.807, 2.05) is 46.5 Å². The minimum Gasteiger partial charge on any atom is -0.319 e. The van der Waals surface area contributed by atoms with E-state index in [2.05, 4.69) is 4.99 Å². The predicted octanol–water partition coefficient (Wildman–Crippen LogP) is 3.05. The molecule has 0 N–H and O–H groups in total. The van der Waals surface area contributed by atoms with Crippen LogP contribution in [-0.4, -0.2) is 31.7 Å². The normalized spacial score (nSPS) is 14.7. The summed E-state index contributed by atoms with van der Waals surface area (Å²) in [7, 11) is -3.33. The lowest BCUT2D eigenvalue weighted by Crippen LogP contribution is -2.34. The molecule has 0 saturated carbocycles. The van der Waals surface area contributed by atoms with Gasteiger partial charge in [0.05, 0.1) is 11.9 Å². The minimum absolute atomic E-state index is 0.325. The van der Waals surface area contributed by atoms with Crippen molar-refractivity contribution in [2.75, 3.05) is 17.1 Å². The van der Waals surface area contributed by atoms with Crippen molar-refractivity contribution in [3.63, 3.8) is 0 Å². The summed E-state index contributed by atoms with van der Waals surface area (Å²) in [6.45, 7) is 1.11. The van der Waals surface area contributed by atoms with Crippen molar-refractivity contribution in [2.24, 2.45) is 4.99 Å². The van der Waals surface area contributed by atoms with Gasteiger partial charge in [-0.1, -0.05) is 30.3 Å². The van der Waals surface area contributed by atoms with Gasteiger partial charge >= 0.3 is 0 Å². The second kappa shape index (κ2) is 7.96. The third-order valence-corrected chi connectivity index (χ3v) is 6.83. The first-order valence-corrected chi connectivity index (χ1v) is 12.0. The van der Waals surface area contributed by atoms with E-state index in [-0.39, 0.29) is 5.91 Å². The number of hydrogen-bond acceptors (Lipinski definition) is 4. The minimum atomic E-state index is -3.33. The Morgan fingerprint density at radius 2 is 1.97 bits per heavy atom. The van der Waals surface area contributed by atoms with Crippen molar-refractivity contribution < 1.29 is 13.2 Å². The number of fused-ring (bicyclic) bond motifs is 1. The zero-order chi connectivity index (χ0) is 20.4. The summed E-state index contributed by atoms with van der Waals surface area (Å²) < 4.78 is 27.4. The van der Waals surface area contributed by atoms with Gasteiger partial charge in [0.2, 0.25) is 10.0 Å². The van der Waals surface area contributed by atoms with Crippen molar-refractivity contribution in [3.8, 4) is 0 Å². The molecule has 6 nitrogen and oxygen atoms in total. The molecule has 2 heterocycles. The van der Waals surface area contributed by atoms with Gasteiger partial charge in [0.25, 0.3) is 5.91 Å². The number of carbonyl (C=O) groups excluding carboxylic acids is 1. The monoisotopic (exact) mass is 427 g/mol. The summed E-state index contributed by atoms with van der Waals surface area (Å²) >= 11 is 1.41. The van der Waals surface area contributed by atoms with Gasteiger partial charge in [0.15, 0.2) is 4.80 Å². The molecule has 0 radical (unpaired) electrons. The summed E-state index contributed by atoms with van der Waals surface area (Å²) in [6.07, 6.45) is 4.60. The topological polar surface area (TPSA) is 71.7 Å². The molecule has 2 aromatic carbocycles. The summed E-state index contributed by atoms with van der Waals surface area (Å²) in [4.78, 5) is 17.7. The summed E-state index contributed by atoms with van der Waals surface area (Å²) in [5, 5.41) is 1.91. The second-order valence-electron chi connectivity index (χ2n) is 7.00. The molecule has 0 fully saturated rings. The molecule has 1 aliphatic heterocycles. The first kappa shape index (κ1) is 19.6. The van der Waals surface area contributed by atoms with E-state index in [9.17, 15) is 13.2 Å². The summed E-state index contributed by atoms with van der Waals surface area (Å²) in [5.74, 6) is -0.325. The number of rotatable bonds is 4. The highest BCUT2D eigenvalue weighted by molar-refractivity contribution is 7.92. The molecule has 0 bridgehead atoms. The van der Waals surface area contributed by atoms with E-state index in [0.29, 0.717) is 29.1 Å². The van der Waals surface area contributed by atoms with E-state index < -0.39 is 10.0 Å². The third-order valence-electron chi connectivity index (χ3n) is 4.86. The van der Waals surface area contributed by atoms with Gasteiger partial charge in [-0.3, -0.25) is 9.10 Å². The molecular weight excluding hydrogens is 406 g/mol. The van der Waals surface area contributed by atoms with Crippen molar-refractivity contribution in [1.29, 1.82) is 0 Å². The molecule has 1 aromatic heterocycles. The summed E-state index contributed by atoms with van der Waals surface area (Å²) in [5.41, 5.74) is 3.13. The molecule has 1 aliphatic rings. The number of hydrogen-bond donors (Lipinski definition) is 0. The van der Waals surface area contributed by atoms with Crippen LogP contribution in [0, 0.1) is 0 Å².